The van der Waals surface area contributed by atoms with Crippen LogP contribution in [0.15, 0.2) is 22.7 Å². The third-order valence-electron chi connectivity index (χ3n) is 4.49. The fraction of sp³-hybridized carbons (Fsp3) is 0.500. The summed E-state index contributed by atoms with van der Waals surface area (Å²) in [5.41, 5.74) is 1.07. The normalized spacial score (nSPS) is 17.0. The summed E-state index contributed by atoms with van der Waals surface area (Å²) in [5, 5.41) is 7.15. The Labute approximate surface area is 146 Å². The molecule has 3 rings (SSSR count). The number of carbonyl (C=O) groups is 1. The summed E-state index contributed by atoms with van der Waals surface area (Å²) < 4.78 is 19.2. The van der Waals surface area contributed by atoms with Gasteiger partial charge in [0.1, 0.15) is 5.82 Å². The number of rotatable bonds is 6. The molecule has 0 bridgehead atoms. The zero-order chi connectivity index (χ0) is 17.8. The lowest BCUT2D eigenvalue weighted by atomic mass is 9.97. The summed E-state index contributed by atoms with van der Waals surface area (Å²) >= 11 is 0. The van der Waals surface area contributed by atoms with Gasteiger partial charge in [0.05, 0.1) is 12.1 Å². The summed E-state index contributed by atoms with van der Waals surface area (Å²) in [7, 11) is 1.61. The van der Waals surface area contributed by atoms with Gasteiger partial charge in [-0.25, -0.2) is 4.39 Å². The van der Waals surface area contributed by atoms with E-state index in [1.54, 1.807) is 19.2 Å². The van der Waals surface area contributed by atoms with Crippen molar-refractivity contribution in [3.05, 3.63) is 46.9 Å². The number of nitrogens with one attached hydrogen (secondary N) is 1. The second-order valence-corrected chi connectivity index (χ2v) is 6.50. The van der Waals surface area contributed by atoms with Crippen LogP contribution in [0.2, 0.25) is 0 Å². The molecule has 1 aromatic heterocycles. The predicted molar refractivity (Wildman–Crippen MR) is 90.6 cm³/mol. The van der Waals surface area contributed by atoms with Crippen LogP contribution in [-0.2, 0) is 19.4 Å². The Morgan fingerprint density at radius 3 is 3.00 bits per heavy atom. The number of carbonyl (C=O) groups excluding carboxylic acids is 1. The first-order chi connectivity index (χ1) is 12.1. The van der Waals surface area contributed by atoms with Gasteiger partial charge in [-0.05, 0) is 49.5 Å². The van der Waals surface area contributed by atoms with Gasteiger partial charge in [0.25, 0.3) is 5.91 Å². The number of aryl methyl sites for hydroxylation is 1. The van der Waals surface area contributed by atoms with E-state index in [1.165, 1.54) is 11.0 Å². The van der Waals surface area contributed by atoms with Gasteiger partial charge in [-0.1, -0.05) is 18.1 Å². The molecule has 1 saturated heterocycles. The maximum Gasteiger partial charge on any atom is 0.256 e. The average Bonchev–Trinajstić information content (AvgIpc) is 3.27. The highest BCUT2D eigenvalue weighted by molar-refractivity contribution is 5.94. The third kappa shape index (κ3) is 4.22. The molecule has 2 heterocycles. The lowest BCUT2D eigenvalue weighted by Crippen LogP contribution is -2.27. The zero-order valence-electron chi connectivity index (χ0n) is 14.6. The molecule has 7 heteroatoms. The molecule has 0 saturated carbocycles. The van der Waals surface area contributed by atoms with Crippen LogP contribution in [-0.4, -0.2) is 41.1 Å². The van der Waals surface area contributed by atoms with Crippen molar-refractivity contribution in [3.63, 3.8) is 0 Å². The van der Waals surface area contributed by atoms with Gasteiger partial charge in [0, 0.05) is 13.5 Å². The largest absolute Gasteiger partial charge is 0.339 e. The quantitative estimate of drug-likeness (QED) is 0.868. The molecular weight excluding hydrogens is 323 g/mol. The van der Waals surface area contributed by atoms with Gasteiger partial charge in [-0.2, -0.15) is 4.98 Å². The first-order valence-corrected chi connectivity index (χ1v) is 8.63. The van der Waals surface area contributed by atoms with E-state index < -0.39 is 5.82 Å². The van der Waals surface area contributed by atoms with E-state index in [9.17, 15) is 9.18 Å². The molecule has 1 atom stereocenters. The van der Waals surface area contributed by atoms with E-state index in [0.717, 1.165) is 31.5 Å². The van der Waals surface area contributed by atoms with Gasteiger partial charge >= 0.3 is 0 Å². The number of hydrogen-bond acceptors (Lipinski definition) is 5. The van der Waals surface area contributed by atoms with Crippen LogP contribution >= 0.6 is 0 Å². The topological polar surface area (TPSA) is 71.3 Å². The second-order valence-electron chi connectivity index (χ2n) is 6.50. The highest BCUT2D eigenvalue weighted by atomic mass is 19.1. The van der Waals surface area contributed by atoms with E-state index in [2.05, 4.69) is 15.5 Å². The molecule has 1 aliphatic rings. The number of halogens is 1. The highest BCUT2D eigenvalue weighted by Gasteiger charge is 2.21. The van der Waals surface area contributed by atoms with Crippen molar-refractivity contribution in [2.24, 2.45) is 5.92 Å². The average molecular weight is 346 g/mol. The summed E-state index contributed by atoms with van der Waals surface area (Å²) in [6.45, 7) is 4.08. The lowest BCUT2D eigenvalue weighted by molar-refractivity contribution is 0.0776. The molecule has 25 heavy (non-hydrogen) atoms. The Hall–Kier alpha value is -2.28. The van der Waals surface area contributed by atoms with E-state index in [0.29, 0.717) is 24.1 Å². The predicted octanol–water partition coefficient (Wildman–Crippen LogP) is 2.20. The maximum atomic E-state index is 14.2. The lowest BCUT2D eigenvalue weighted by Gasteiger charge is -2.16. The van der Waals surface area contributed by atoms with Crippen molar-refractivity contribution in [2.45, 2.75) is 32.7 Å². The summed E-state index contributed by atoms with van der Waals surface area (Å²) in [4.78, 5) is 18.2. The van der Waals surface area contributed by atoms with Crippen molar-refractivity contribution < 1.29 is 13.7 Å². The molecule has 1 N–H and O–H groups in total. The second kappa shape index (κ2) is 7.74. The number of nitrogens with zero attached hydrogens (tertiary/aromatic N) is 3. The van der Waals surface area contributed by atoms with Gasteiger partial charge in [-0.3, -0.25) is 4.79 Å². The van der Waals surface area contributed by atoms with E-state index >= 15 is 0 Å². The monoisotopic (exact) mass is 346 g/mol. The zero-order valence-corrected chi connectivity index (χ0v) is 14.6. The van der Waals surface area contributed by atoms with Crippen LogP contribution in [0.4, 0.5) is 4.39 Å². The molecule has 1 fully saturated rings. The molecule has 0 aliphatic carbocycles. The standard InChI is InChI=1S/C18H23FN4O2/c1-3-17-21-16(22-25-17)11-23(2)18(24)14-9-12(4-5-15(14)19)8-13-6-7-20-10-13/h4-5,9,13,20H,3,6-8,10-11H2,1-2H3. The van der Waals surface area contributed by atoms with Crippen LogP contribution in [0.1, 0.15) is 41.0 Å². The first kappa shape index (κ1) is 17.5. The molecule has 6 nitrogen and oxygen atoms in total. The minimum Gasteiger partial charge on any atom is -0.339 e. The van der Waals surface area contributed by atoms with Gasteiger partial charge in [0.2, 0.25) is 5.89 Å². The summed E-state index contributed by atoms with van der Waals surface area (Å²) in [6.07, 6.45) is 2.59. The van der Waals surface area contributed by atoms with Crippen LogP contribution in [0, 0.1) is 11.7 Å². The van der Waals surface area contributed by atoms with E-state index in [4.69, 9.17) is 4.52 Å². The van der Waals surface area contributed by atoms with Crippen molar-refractivity contribution in [2.75, 3.05) is 20.1 Å². The molecule has 0 radical (unpaired) electrons. The first-order valence-electron chi connectivity index (χ1n) is 8.63. The summed E-state index contributed by atoms with van der Waals surface area (Å²) in [5.74, 6) is 0.590. The van der Waals surface area contributed by atoms with Crippen molar-refractivity contribution in [1.29, 1.82) is 0 Å². The Kier molecular flexibility index (Phi) is 5.43. The number of hydrogen-bond donors (Lipinski definition) is 1. The van der Waals surface area contributed by atoms with Gasteiger partial charge < -0.3 is 14.7 Å². The maximum absolute atomic E-state index is 14.2. The molecule has 1 amide bonds. The third-order valence-corrected chi connectivity index (χ3v) is 4.49. The van der Waals surface area contributed by atoms with Crippen molar-refractivity contribution in [3.8, 4) is 0 Å². The van der Waals surface area contributed by atoms with Crippen LogP contribution in [0.3, 0.4) is 0 Å². The Bertz CT molecular complexity index is 740. The number of aromatic nitrogens is 2. The highest BCUT2D eigenvalue weighted by Crippen LogP contribution is 2.19. The van der Waals surface area contributed by atoms with Crippen molar-refractivity contribution in [1.82, 2.24) is 20.4 Å². The Morgan fingerprint density at radius 2 is 2.32 bits per heavy atom. The van der Waals surface area contributed by atoms with Gasteiger partial charge in [-0.15, -0.1) is 0 Å². The molecule has 0 spiro atoms. The Morgan fingerprint density at radius 1 is 1.48 bits per heavy atom. The fourth-order valence-corrected chi connectivity index (χ4v) is 3.07. The molecule has 2 aromatic rings. The van der Waals surface area contributed by atoms with Gasteiger partial charge in [0.15, 0.2) is 5.82 Å². The van der Waals surface area contributed by atoms with E-state index in [-0.39, 0.29) is 18.0 Å². The minimum atomic E-state index is -0.507. The van der Waals surface area contributed by atoms with E-state index in [1.807, 2.05) is 6.92 Å². The molecule has 1 unspecified atom stereocenters. The number of benzene rings is 1. The fourth-order valence-electron chi connectivity index (χ4n) is 3.07. The smallest absolute Gasteiger partial charge is 0.256 e. The molecule has 134 valence electrons. The van der Waals surface area contributed by atoms with Crippen molar-refractivity contribution >= 4 is 5.91 Å². The molecule has 1 aromatic carbocycles. The molecule has 1 aliphatic heterocycles. The minimum absolute atomic E-state index is 0.0881. The number of amides is 1. The van der Waals surface area contributed by atoms with Crippen LogP contribution < -0.4 is 5.32 Å². The Balaban J connectivity index is 1.71. The SMILES string of the molecule is CCc1nc(CN(C)C(=O)c2cc(CC3CCNC3)ccc2F)no1. The molecular formula is C18H23FN4O2. The van der Waals surface area contributed by atoms with Crippen LogP contribution in [0.25, 0.3) is 0 Å². The van der Waals surface area contributed by atoms with Crippen LogP contribution in [0.5, 0.6) is 0 Å². The summed E-state index contributed by atoms with van der Waals surface area (Å²) in [6, 6.07) is 4.81.